The molecule has 0 aliphatic carbocycles. The predicted molar refractivity (Wildman–Crippen MR) is 79.7 cm³/mol. The van der Waals surface area contributed by atoms with Crippen LogP contribution >= 0.6 is 11.6 Å². The standard InChI is InChI=1S/C14H20ClN3O2/c1-10(2)9-17-3-5-18(6-4-17)13-8-11(14(19)20)7-12(15)16-13/h7-8,10H,3-6,9H2,1-2H3,(H,19,20). The van der Waals surface area contributed by atoms with Crippen LogP contribution in [-0.4, -0.2) is 53.7 Å². The second-order valence-electron chi connectivity index (χ2n) is 5.52. The molecule has 0 saturated carbocycles. The zero-order valence-corrected chi connectivity index (χ0v) is 12.6. The van der Waals surface area contributed by atoms with Gasteiger partial charge in [-0.05, 0) is 18.1 Å². The molecule has 1 aromatic rings. The van der Waals surface area contributed by atoms with E-state index in [9.17, 15) is 4.79 Å². The smallest absolute Gasteiger partial charge is 0.335 e. The Morgan fingerprint density at radius 2 is 2.00 bits per heavy atom. The van der Waals surface area contributed by atoms with Crippen LogP contribution in [0, 0.1) is 5.92 Å². The summed E-state index contributed by atoms with van der Waals surface area (Å²) in [5.74, 6) is 0.331. The van der Waals surface area contributed by atoms with Gasteiger partial charge in [-0.2, -0.15) is 0 Å². The topological polar surface area (TPSA) is 56.7 Å². The molecule has 110 valence electrons. The second-order valence-corrected chi connectivity index (χ2v) is 5.91. The molecule has 6 heteroatoms. The van der Waals surface area contributed by atoms with E-state index in [0.29, 0.717) is 11.7 Å². The van der Waals surface area contributed by atoms with Crippen LogP contribution in [0.4, 0.5) is 5.82 Å². The van der Waals surface area contributed by atoms with Gasteiger partial charge in [-0.15, -0.1) is 0 Å². The van der Waals surface area contributed by atoms with Crippen molar-refractivity contribution in [1.29, 1.82) is 0 Å². The third-order valence-corrected chi connectivity index (χ3v) is 3.54. The highest BCUT2D eigenvalue weighted by molar-refractivity contribution is 6.29. The van der Waals surface area contributed by atoms with Crippen molar-refractivity contribution in [3.05, 3.63) is 22.8 Å². The van der Waals surface area contributed by atoms with Crippen LogP contribution in [0.15, 0.2) is 12.1 Å². The molecule has 0 unspecified atom stereocenters. The van der Waals surface area contributed by atoms with Gasteiger partial charge in [-0.1, -0.05) is 25.4 Å². The fraction of sp³-hybridized carbons (Fsp3) is 0.571. The van der Waals surface area contributed by atoms with E-state index in [0.717, 1.165) is 32.7 Å². The Kier molecular flexibility index (Phi) is 4.83. The van der Waals surface area contributed by atoms with Crippen LogP contribution in [-0.2, 0) is 0 Å². The Morgan fingerprint density at radius 3 is 2.55 bits per heavy atom. The van der Waals surface area contributed by atoms with Crippen molar-refractivity contribution in [1.82, 2.24) is 9.88 Å². The maximum atomic E-state index is 11.0. The summed E-state index contributed by atoms with van der Waals surface area (Å²) in [6, 6.07) is 2.97. The van der Waals surface area contributed by atoms with E-state index in [4.69, 9.17) is 16.7 Å². The number of halogens is 1. The van der Waals surface area contributed by atoms with Crippen molar-refractivity contribution in [2.24, 2.45) is 5.92 Å². The van der Waals surface area contributed by atoms with Gasteiger partial charge in [0, 0.05) is 32.7 Å². The Hall–Kier alpha value is -1.33. The molecular weight excluding hydrogens is 278 g/mol. The lowest BCUT2D eigenvalue weighted by molar-refractivity contribution is 0.0696. The van der Waals surface area contributed by atoms with E-state index in [1.54, 1.807) is 6.07 Å². The van der Waals surface area contributed by atoms with Gasteiger partial charge in [0.05, 0.1) is 5.56 Å². The molecule has 0 aromatic carbocycles. The number of carboxylic acids is 1. The number of aromatic nitrogens is 1. The number of hydrogen-bond donors (Lipinski definition) is 1. The molecule has 0 spiro atoms. The summed E-state index contributed by atoms with van der Waals surface area (Å²) in [6.07, 6.45) is 0. The Labute approximate surface area is 124 Å². The highest BCUT2D eigenvalue weighted by Crippen LogP contribution is 2.20. The van der Waals surface area contributed by atoms with E-state index in [1.165, 1.54) is 6.07 Å². The van der Waals surface area contributed by atoms with Gasteiger partial charge in [-0.3, -0.25) is 4.90 Å². The van der Waals surface area contributed by atoms with Crippen LogP contribution < -0.4 is 4.90 Å². The normalized spacial score (nSPS) is 16.7. The number of hydrogen-bond acceptors (Lipinski definition) is 4. The molecule has 1 aliphatic heterocycles. The summed E-state index contributed by atoms with van der Waals surface area (Å²) in [5.41, 5.74) is 0.185. The summed E-state index contributed by atoms with van der Waals surface area (Å²) in [5, 5.41) is 9.29. The van der Waals surface area contributed by atoms with Gasteiger partial charge in [0.2, 0.25) is 0 Å². The number of anilines is 1. The molecule has 0 atom stereocenters. The van der Waals surface area contributed by atoms with Crippen molar-refractivity contribution < 1.29 is 9.90 Å². The van der Waals surface area contributed by atoms with E-state index in [1.807, 2.05) is 0 Å². The second kappa shape index (κ2) is 6.41. The molecule has 2 heterocycles. The fourth-order valence-corrected chi connectivity index (χ4v) is 2.65. The number of aromatic carboxylic acids is 1. The van der Waals surface area contributed by atoms with Crippen molar-refractivity contribution in [3.8, 4) is 0 Å². The van der Waals surface area contributed by atoms with Gasteiger partial charge in [0.1, 0.15) is 11.0 Å². The maximum Gasteiger partial charge on any atom is 0.335 e. The number of rotatable bonds is 4. The van der Waals surface area contributed by atoms with Gasteiger partial charge in [0.15, 0.2) is 0 Å². The number of nitrogens with zero attached hydrogens (tertiary/aromatic N) is 3. The van der Waals surface area contributed by atoms with Gasteiger partial charge >= 0.3 is 5.97 Å². The molecule has 0 radical (unpaired) electrons. The molecule has 0 amide bonds. The first-order chi connectivity index (χ1) is 9.45. The van der Waals surface area contributed by atoms with Gasteiger partial charge in [-0.25, -0.2) is 9.78 Å². The Bertz CT molecular complexity index is 485. The first-order valence-corrected chi connectivity index (χ1v) is 7.21. The largest absolute Gasteiger partial charge is 0.478 e. The predicted octanol–water partition coefficient (Wildman–Crippen LogP) is 2.21. The van der Waals surface area contributed by atoms with Crippen molar-refractivity contribution in [3.63, 3.8) is 0 Å². The molecular formula is C14H20ClN3O2. The summed E-state index contributed by atoms with van der Waals surface area (Å²) >= 11 is 5.90. The molecule has 1 aromatic heterocycles. The lowest BCUT2D eigenvalue weighted by Crippen LogP contribution is -2.47. The quantitative estimate of drug-likeness (QED) is 0.864. The third kappa shape index (κ3) is 3.84. The molecule has 0 bridgehead atoms. The first-order valence-electron chi connectivity index (χ1n) is 6.84. The molecule has 2 rings (SSSR count). The van der Waals surface area contributed by atoms with Crippen LogP contribution in [0.5, 0.6) is 0 Å². The minimum atomic E-state index is -0.978. The average Bonchev–Trinajstić information content (AvgIpc) is 2.38. The van der Waals surface area contributed by atoms with Crippen molar-refractivity contribution >= 4 is 23.4 Å². The van der Waals surface area contributed by atoms with Crippen LogP contribution in [0.1, 0.15) is 24.2 Å². The van der Waals surface area contributed by atoms with E-state index >= 15 is 0 Å². The maximum absolute atomic E-state index is 11.0. The Morgan fingerprint density at radius 1 is 1.35 bits per heavy atom. The molecule has 1 saturated heterocycles. The minimum absolute atomic E-state index is 0.185. The van der Waals surface area contributed by atoms with Crippen molar-refractivity contribution in [2.75, 3.05) is 37.6 Å². The SMILES string of the molecule is CC(C)CN1CCN(c2cc(C(=O)O)cc(Cl)n2)CC1. The molecule has 1 N–H and O–H groups in total. The number of carbonyl (C=O) groups is 1. The lowest BCUT2D eigenvalue weighted by Gasteiger charge is -2.36. The molecule has 20 heavy (non-hydrogen) atoms. The number of carboxylic acid groups (broad SMARTS) is 1. The van der Waals surface area contributed by atoms with Crippen molar-refractivity contribution in [2.45, 2.75) is 13.8 Å². The van der Waals surface area contributed by atoms with Crippen LogP contribution in [0.3, 0.4) is 0 Å². The zero-order chi connectivity index (χ0) is 14.7. The number of pyridine rings is 1. The van der Waals surface area contributed by atoms with E-state index in [-0.39, 0.29) is 10.7 Å². The van der Waals surface area contributed by atoms with Gasteiger partial charge < -0.3 is 10.0 Å². The lowest BCUT2D eigenvalue weighted by atomic mass is 10.2. The summed E-state index contributed by atoms with van der Waals surface area (Å²) in [4.78, 5) is 19.8. The van der Waals surface area contributed by atoms with E-state index in [2.05, 4.69) is 28.6 Å². The highest BCUT2D eigenvalue weighted by atomic mass is 35.5. The minimum Gasteiger partial charge on any atom is -0.478 e. The molecule has 5 nitrogen and oxygen atoms in total. The van der Waals surface area contributed by atoms with Crippen LogP contribution in [0.25, 0.3) is 0 Å². The monoisotopic (exact) mass is 297 g/mol. The zero-order valence-electron chi connectivity index (χ0n) is 11.8. The van der Waals surface area contributed by atoms with Crippen LogP contribution in [0.2, 0.25) is 5.15 Å². The summed E-state index contributed by atoms with van der Waals surface area (Å²) < 4.78 is 0. The fourth-order valence-electron chi connectivity index (χ4n) is 2.44. The average molecular weight is 298 g/mol. The molecule has 1 fully saturated rings. The Balaban J connectivity index is 2.05. The summed E-state index contributed by atoms with van der Waals surface area (Å²) in [7, 11) is 0. The molecule has 1 aliphatic rings. The highest BCUT2D eigenvalue weighted by Gasteiger charge is 2.20. The first kappa shape index (κ1) is 15.1. The summed E-state index contributed by atoms with van der Waals surface area (Å²) in [6.45, 7) is 9.15. The van der Waals surface area contributed by atoms with Gasteiger partial charge in [0.25, 0.3) is 0 Å². The third-order valence-electron chi connectivity index (χ3n) is 3.35. The van der Waals surface area contributed by atoms with E-state index < -0.39 is 5.97 Å². The number of piperazine rings is 1.